The average molecular weight is 890 g/mol. The van der Waals surface area contributed by atoms with E-state index in [9.17, 15) is 29.4 Å². The molecule has 10 aliphatic rings. The highest BCUT2D eigenvalue weighted by molar-refractivity contribution is 5.98. The third-order valence-corrected chi connectivity index (χ3v) is 24.9. The van der Waals surface area contributed by atoms with Gasteiger partial charge in [-0.1, -0.05) is 78.7 Å². The van der Waals surface area contributed by atoms with Crippen LogP contribution in [0.15, 0.2) is 46.8 Å². The fraction of sp³-hybridized carbons (Fsp3) is 0.793. The van der Waals surface area contributed by atoms with E-state index in [1.54, 1.807) is 11.1 Å². The SMILES string of the molecule is C[C@@]1(C(=O)O)CC[C@]2(C)CC[C@]3(C)C4=CC[C@H]5/C(=C\N/C=C6/C(=O)CC[C@]7(C)[C@H]8CC[C@@]9(C)[C@@H]%10C[C@](C)(C(=O)O)CC[C@]%10(C)CC[C@]9(C)C8=CC[C@@H]67)C(=O)CC[C@]5(C)[C@H]4CC[C@@]3(C)[C@@H]2C1. The van der Waals surface area contributed by atoms with Crippen molar-refractivity contribution in [3.63, 3.8) is 0 Å². The molecule has 0 spiro atoms. The third kappa shape index (κ3) is 5.95. The van der Waals surface area contributed by atoms with E-state index in [4.69, 9.17) is 0 Å². The van der Waals surface area contributed by atoms with E-state index >= 15 is 0 Å². The Morgan fingerprint density at radius 2 is 0.892 bits per heavy atom. The van der Waals surface area contributed by atoms with Gasteiger partial charge < -0.3 is 15.5 Å². The molecule has 0 aromatic carbocycles. The van der Waals surface area contributed by atoms with Gasteiger partial charge in [0.25, 0.3) is 0 Å². The van der Waals surface area contributed by atoms with Crippen molar-refractivity contribution in [2.24, 2.45) is 89.7 Å². The monoisotopic (exact) mass is 890 g/mol. The summed E-state index contributed by atoms with van der Waals surface area (Å²) >= 11 is 0. The highest BCUT2D eigenvalue weighted by Crippen LogP contribution is 2.77. The fourth-order valence-corrected chi connectivity index (χ4v) is 19.6. The van der Waals surface area contributed by atoms with Crippen molar-refractivity contribution in [3.05, 3.63) is 46.8 Å². The molecule has 0 amide bonds. The third-order valence-electron chi connectivity index (χ3n) is 24.9. The smallest absolute Gasteiger partial charge is 0.309 e. The summed E-state index contributed by atoms with van der Waals surface area (Å²) in [6, 6.07) is 0. The molecular formula is C58H83NO6. The zero-order valence-electron chi connectivity index (χ0n) is 41.9. The number of carboxylic acid groups (broad SMARTS) is 2. The van der Waals surface area contributed by atoms with Gasteiger partial charge in [-0.3, -0.25) is 19.2 Å². The molecule has 7 nitrogen and oxygen atoms in total. The van der Waals surface area contributed by atoms with Gasteiger partial charge in [0, 0.05) is 36.4 Å². The second kappa shape index (κ2) is 14.3. The standard InChI is InChI=1S/C58H83NO6/c1-49-23-25-51(3,47(62)63)31-45(49)57(9)21-15-39-41(55(57,7)29-27-49)13-11-37-35(43(60)17-19-53(37,39)5)33-59-34-36-38-12-14-42-40(54(38,6)20-18-44(36)61)16-22-58(10)46-32-52(4,48(64)65)26-24-50(46,2)28-30-56(42,58)8/h13-14,33-34,37-40,45-46,59H,11-12,15-32H2,1-10H3,(H,62,63)(H,64,65)/b35-33+,36-34+/t37-,38-,39-,40-,45+,46+,49+,50+,51+,52+,53-,54-,55+,56+,57-,58-/m0/s1. The first-order valence-corrected chi connectivity index (χ1v) is 26.4. The van der Waals surface area contributed by atoms with Crippen LogP contribution in [0.1, 0.15) is 198 Å². The Morgan fingerprint density at radius 3 is 1.26 bits per heavy atom. The van der Waals surface area contributed by atoms with E-state index in [1.165, 1.54) is 0 Å². The summed E-state index contributed by atoms with van der Waals surface area (Å²) in [6.45, 7) is 24.0. The Balaban J connectivity index is 0.916. The van der Waals surface area contributed by atoms with Gasteiger partial charge in [0.2, 0.25) is 0 Å². The van der Waals surface area contributed by atoms with Gasteiger partial charge in [0.05, 0.1) is 10.8 Å². The first-order valence-electron chi connectivity index (χ1n) is 26.4. The number of ketones is 2. The van der Waals surface area contributed by atoms with Crippen LogP contribution >= 0.6 is 0 Å². The Kier molecular flexibility index (Phi) is 10.1. The number of fused-ring (bicyclic) bond motifs is 14. The molecule has 16 atom stereocenters. The summed E-state index contributed by atoms with van der Waals surface area (Å²) in [4.78, 5) is 53.4. The van der Waals surface area contributed by atoms with Crippen molar-refractivity contribution in [2.75, 3.05) is 0 Å². The fourth-order valence-electron chi connectivity index (χ4n) is 19.6. The minimum Gasteiger partial charge on any atom is -0.481 e. The predicted octanol–water partition coefficient (Wildman–Crippen LogP) is 13.2. The van der Waals surface area contributed by atoms with Crippen molar-refractivity contribution in [1.82, 2.24) is 5.32 Å². The molecule has 3 N–H and O–H groups in total. The average Bonchev–Trinajstić information content (AvgIpc) is 3.25. The molecule has 0 bridgehead atoms. The van der Waals surface area contributed by atoms with Crippen molar-refractivity contribution in [3.8, 4) is 0 Å². The molecule has 356 valence electrons. The van der Waals surface area contributed by atoms with Gasteiger partial charge in [-0.05, 0) is 208 Å². The number of Topliss-reactive ketones (excluding diaryl/α,β-unsaturated/α-hetero) is 2. The van der Waals surface area contributed by atoms with Gasteiger partial charge >= 0.3 is 11.9 Å². The Morgan fingerprint density at radius 1 is 0.523 bits per heavy atom. The number of rotatable bonds is 4. The number of carboxylic acids is 2. The maximum absolute atomic E-state index is 14.0. The van der Waals surface area contributed by atoms with E-state index in [0.717, 1.165) is 127 Å². The summed E-state index contributed by atoms with van der Waals surface area (Å²) in [6.07, 6.45) is 27.7. The lowest BCUT2D eigenvalue weighted by atomic mass is 9.34. The normalized spacial score (nSPS) is 53.6. The van der Waals surface area contributed by atoms with Crippen LogP contribution in [0.25, 0.3) is 0 Å². The molecular weight excluding hydrogens is 807 g/mol. The number of carbonyl (C=O) groups excluding carboxylic acids is 2. The number of nitrogens with one attached hydrogen (secondary N) is 1. The van der Waals surface area contributed by atoms with Crippen LogP contribution in [0.2, 0.25) is 0 Å². The molecule has 8 saturated carbocycles. The highest BCUT2D eigenvalue weighted by Gasteiger charge is 2.69. The van der Waals surface area contributed by atoms with Crippen LogP contribution < -0.4 is 5.32 Å². The van der Waals surface area contributed by atoms with Crippen LogP contribution in [-0.4, -0.2) is 33.7 Å². The molecule has 0 aromatic heterocycles. The minimum absolute atomic E-state index is 0.00467. The van der Waals surface area contributed by atoms with Crippen molar-refractivity contribution in [2.45, 2.75) is 198 Å². The molecule has 0 radical (unpaired) electrons. The molecule has 0 heterocycles. The summed E-state index contributed by atoms with van der Waals surface area (Å²) < 4.78 is 0. The maximum atomic E-state index is 14.0. The summed E-state index contributed by atoms with van der Waals surface area (Å²) in [5.74, 6) is 0.970. The van der Waals surface area contributed by atoms with Gasteiger partial charge in [-0.15, -0.1) is 0 Å². The second-order valence-electron chi connectivity index (χ2n) is 27.4. The van der Waals surface area contributed by atoms with E-state index in [0.29, 0.717) is 36.5 Å². The minimum atomic E-state index is -0.665. The van der Waals surface area contributed by atoms with E-state index in [1.807, 2.05) is 26.2 Å². The highest BCUT2D eigenvalue weighted by atomic mass is 16.4. The Bertz CT molecular complexity index is 2100. The van der Waals surface area contributed by atoms with Crippen LogP contribution in [0.4, 0.5) is 0 Å². The first kappa shape index (κ1) is 45.8. The molecule has 10 aliphatic carbocycles. The van der Waals surface area contributed by atoms with Gasteiger partial charge in [0.1, 0.15) is 0 Å². The summed E-state index contributed by atoms with van der Waals surface area (Å²) in [5.41, 5.74) is 4.01. The predicted molar refractivity (Wildman–Crippen MR) is 255 cm³/mol. The molecule has 7 heteroatoms. The van der Waals surface area contributed by atoms with E-state index < -0.39 is 22.8 Å². The molecule has 0 saturated heterocycles. The van der Waals surface area contributed by atoms with Crippen LogP contribution in [0.5, 0.6) is 0 Å². The summed E-state index contributed by atoms with van der Waals surface area (Å²) in [7, 11) is 0. The van der Waals surface area contributed by atoms with Crippen molar-refractivity contribution >= 4 is 23.5 Å². The Labute approximate surface area is 391 Å². The molecule has 0 aromatic rings. The van der Waals surface area contributed by atoms with Crippen LogP contribution in [0.3, 0.4) is 0 Å². The maximum Gasteiger partial charge on any atom is 0.309 e. The van der Waals surface area contributed by atoms with Gasteiger partial charge in [-0.2, -0.15) is 0 Å². The topological polar surface area (TPSA) is 121 Å². The molecule has 0 unspecified atom stereocenters. The number of hydrogen-bond donors (Lipinski definition) is 3. The largest absolute Gasteiger partial charge is 0.481 e. The molecule has 10 rings (SSSR count). The number of carbonyl (C=O) groups is 4. The number of hydrogen-bond acceptors (Lipinski definition) is 5. The molecule has 65 heavy (non-hydrogen) atoms. The van der Waals surface area contributed by atoms with E-state index in [-0.39, 0.29) is 66.7 Å². The first-order chi connectivity index (χ1) is 30.3. The van der Waals surface area contributed by atoms with Gasteiger partial charge in [0.15, 0.2) is 11.6 Å². The number of aliphatic carboxylic acids is 2. The van der Waals surface area contributed by atoms with Gasteiger partial charge in [-0.25, -0.2) is 0 Å². The number of allylic oxidation sites excluding steroid dienone is 6. The zero-order chi connectivity index (χ0) is 46.8. The molecule has 8 fully saturated rings. The van der Waals surface area contributed by atoms with Crippen LogP contribution in [0, 0.1) is 89.7 Å². The van der Waals surface area contributed by atoms with Crippen LogP contribution in [-0.2, 0) is 19.2 Å². The summed E-state index contributed by atoms with van der Waals surface area (Å²) in [5, 5.41) is 24.3. The lowest BCUT2D eigenvalue weighted by Crippen LogP contribution is -2.62. The second-order valence-corrected chi connectivity index (χ2v) is 27.4. The zero-order valence-corrected chi connectivity index (χ0v) is 41.9. The molecule has 0 aliphatic heterocycles. The lowest BCUT2D eigenvalue weighted by molar-refractivity contribution is -0.181. The Hall–Kier alpha value is -2.96. The van der Waals surface area contributed by atoms with Crippen molar-refractivity contribution in [1.29, 1.82) is 0 Å². The quantitative estimate of drug-likeness (QED) is 0.190. The lowest BCUT2D eigenvalue weighted by Gasteiger charge is -2.70. The van der Waals surface area contributed by atoms with E-state index in [2.05, 4.69) is 72.9 Å². The van der Waals surface area contributed by atoms with Crippen molar-refractivity contribution < 1.29 is 29.4 Å².